The number of anilines is 1. The predicted molar refractivity (Wildman–Crippen MR) is 65.0 cm³/mol. The zero-order chi connectivity index (χ0) is 12.8. The van der Waals surface area contributed by atoms with Crippen molar-refractivity contribution in [3.05, 3.63) is 11.1 Å². The summed E-state index contributed by atoms with van der Waals surface area (Å²) in [7, 11) is 0. The van der Waals surface area contributed by atoms with Gasteiger partial charge in [0.1, 0.15) is 0 Å². The Kier molecular flexibility index (Phi) is 4.89. The van der Waals surface area contributed by atoms with Crippen molar-refractivity contribution < 1.29 is 14.3 Å². The first-order valence-electron chi connectivity index (χ1n) is 5.20. The molecule has 3 N–H and O–H groups in total. The monoisotopic (exact) mass is 257 g/mol. The van der Waals surface area contributed by atoms with Gasteiger partial charge in [-0.05, 0) is 13.8 Å². The number of carbonyl (C=O) groups is 2. The maximum absolute atomic E-state index is 11.3. The summed E-state index contributed by atoms with van der Waals surface area (Å²) >= 11 is 1.28. The lowest BCUT2D eigenvalue weighted by molar-refractivity contribution is -0.118. The molecule has 0 aliphatic heterocycles. The Morgan fingerprint density at radius 1 is 1.65 bits per heavy atom. The average molecular weight is 257 g/mol. The first kappa shape index (κ1) is 13.4. The predicted octanol–water partition coefficient (Wildman–Crippen LogP) is 0.996. The van der Waals surface area contributed by atoms with Gasteiger partial charge in [0.05, 0.1) is 6.61 Å². The molecule has 94 valence electrons. The van der Waals surface area contributed by atoms with Crippen molar-refractivity contribution in [2.24, 2.45) is 5.73 Å². The molecular formula is C10H15N3O3S. The number of primary amides is 1. The lowest BCUT2D eigenvalue weighted by Gasteiger charge is -2.09. The van der Waals surface area contributed by atoms with E-state index in [2.05, 4.69) is 10.3 Å². The number of esters is 1. The van der Waals surface area contributed by atoms with Gasteiger partial charge in [-0.2, -0.15) is 0 Å². The van der Waals surface area contributed by atoms with Crippen molar-refractivity contribution in [2.75, 3.05) is 11.9 Å². The Balaban J connectivity index is 2.56. The van der Waals surface area contributed by atoms with Gasteiger partial charge in [-0.25, -0.2) is 9.78 Å². The van der Waals surface area contributed by atoms with Gasteiger partial charge in [0.15, 0.2) is 10.8 Å². The van der Waals surface area contributed by atoms with E-state index in [0.29, 0.717) is 11.7 Å². The summed E-state index contributed by atoms with van der Waals surface area (Å²) in [5.74, 6) is -0.827. The minimum Gasteiger partial charge on any atom is -0.461 e. The van der Waals surface area contributed by atoms with E-state index in [0.717, 1.165) is 0 Å². The average Bonchev–Trinajstić information content (AvgIpc) is 2.65. The molecule has 0 aliphatic rings. The van der Waals surface area contributed by atoms with E-state index in [1.54, 1.807) is 12.3 Å². The highest BCUT2D eigenvalue weighted by atomic mass is 32.1. The van der Waals surface area contributed by atoms with Gasteiger partial charge in [0, 0.05) is 17.8 Å². The molecule has 0 saturated carbocycles. The molecule has 0 radical (unpaired) electrons. The third-order valence-corrected chi connectivity index (χ3v) is 2.64. The Bertz CT molecular complexity index is 405. The molecule has 1 aromatic heterocycles. The van der Waals surface area contributed by atoms with Crippen molar-refractivity contribution in [1.82, 2.24) is 4.98 Å². The van der Waals surface area contributed by atoms with Crippen molar-refractivity contribution in [3.63, 3.8) is 0 Å². The van der Waals surface area contributed by atoms with Crippen LogP contribution in [0.2, 0.25) is 0 Å². The van der Waals surface area contributed by atoms with Gasteiger partial charge in [-0.3, -0.25) is 4.79 Å². The number of hydrogen-bond donors (Lipinski definition) is 2. The molecule has 1 atom stereocenters. The molecule has 7 heteroatoms. The highest BCUT2D eigenvalue weighted by molar-refractivity contribution is 7.13. The van der Waals surface area contributed by atoms with Crippen molar-refractivity contribution in [2.45, 2.75) is 26.3 Å². The normalized spacial score (nSPS) is 11.9. The second kappa shape index (κ2) is 6.19. The molecule has 0 fully saturated rings. The smallest absolute Gasteiger partial charge is 0.357 e. The molecule has 17 heavy (non-hydrogen) atoms. The second-order valence-corrected chi connectivity index (χ2v) is 4.33. The van der Waals surface area contributed by atoms with Crippen LogP contribution in [-0.2, 0) is 9.53 Å². The van der Waals surface area contributed by atoms with Crippen LogP contribution in [-0.4, -0.2) is 29.5 Å². The topological polar surface area (TPSA) is 94.3 Å². The third-order valence-electron chi connectivity index (χ3n) is 1.87. The largest absolute Gasteiger partial charge is 0.461 e. The van der Waals surface area contributed by atoms with E-state index in [1.807, 2.05) is 6.92 Å². The zero-order valence-corrected chi connectivity index (χ0v) is 10.5. The summed E-state index contributed by atoms with van der Waals surface area (Å²) < 4.78 is 4.81. The van der Waals surface area contributed by atoms with Crippen molar-refractivity contribution in [3.8, 4) is 0 Å². The van der Waals surface area contributed by atoms with Crippen LogP contribution in [0.3, 0.4) is 0 Å². The van der Waals surface area contributed by atoms with Crippen LogP contribution >= 0.6 is 11.3 Å². The maximum Gasteiger partial charge on any atom is 0.357 e. The Morgan fingerprint density at radius 2 is 2.35 bits per heavy atom. The van der Waals surface area contributed by atoms with Crippen LogP contribution in [0.4, 0.5) is 5.13 Å². The van der Waals surface area contributed by atoms with E-state index in [1.165, 1.54) is 11.3 Å². The Hall–Kier alpha value is -1.63. The molecule has 1 rings (SSSR count). The summed E-state index contributed by atoms with van der Waals surface area (Å²) in [6, 6.07) is -0.117. The zero-order valence-electron chi connectivity index (χ0n) is 9.73. The molecule has 1 heterocycles. The SMILES string of the molecule is CCOC(=O)c1csc(NC(C)CC(N)=O)n1. The standard InChI is InChI=1S/C10H15N3O3S/c1-3-16-9(15)7-5-17-10(13-7)12-6(2)4-8(11)14/h5-6H,3-4H2,1-2H3,(H2,11,14)(H,12,13). The van der Waals surface area contributed by atoms with E-state index in [-0.39, 0.29) is 24.1 Å². The number of hydrogen-bond acceptors (Lipinski definition) is 6. The van der Waals surface area contributed by atoms with Gasteiger partial charge in [0.2, 0.25) is 5.91 Å². The van der Waals surface area contributed by atoms with Gasteiger partial charge >= 0.3 is 5.97 Å². The fraction of sp³-hybridized carbons (Fsp3) is 0.500. The highest BCUT2D eigenvalue weighted by Crippen LogP contribution is 2.17. The molecule has 6 nitrogen and oxygen atoms in total. The summed E-state index contributed by atoms with van der Waals surface area (Å²) in [4.78, 5) is 26.1. The molecule has 0 aromatic carbocycles. The number of ether oxygens (including phenoxy) is 1. The van der Waals surface area contributed by atoms with Gasteiger partial charge < -0.3 is 15.8 Å². The number of nitrogens with two attached hydrogens (primary N) is 1. The van der Waals surface area contributed by atoms with E-state index < -0.39 is 5.97 Å². The van der Waals surface area contributed by atoms with E-state index >= 15 is 0 Å². The molecule has 1 amide bonds. The number of carbonyl (C=O) groups excluding carboxylic acids is 2. The van der Waals surface area contributed by atoms with Crippen LogP contribution in [0.15, 0.2) is 5.38 Å². The fourth-order valence-electron chi connectivity index (χ4n) is 1.20. The number of aromatic nitrogens is 1. The van der Waals surface area contributed by atoms with E-state index in [4.69, 9.17) is 10.5 Å². The quantitative estimate of drug-likeness (QED) is 0.741. The van der Waals surface area contributed by atoms with Crippen LogP contribution in [0.1, 0.15) is 30.8 Å². The van der Waals surface area contributed by atoms with Crippen LogP contribution in [0, 0.1) is 0 Å². The minimum atomic E-state index is -0.445. The molecular weight excluding hydrogens is 242 g/mol. The Labute approximate surface area is 103 Å². The number of amides is 1. The number of nitrogens with one attached hydrogen (secondary N) is 1. The first-order chi connectivity index (χ1) is 8.02. The van der Waals surface area contributed by atoms with Crippen molar-refractivity contribution >= 4 is 28.3 Å². The number of thiazole rings is 1. The first-order valence-corrected chi connectivity index (χ1v) is 6.08. The molecule has 1 unspecified atom stereocenters. The van der Waals surface area contributed by atoms with Crippen LogP contribution in [0.5, 0.6) is 0 Å². The lowest BCUT2D eigenvalue weighted by Crippen LogP contribution is -2.23. The summed E-state index contributed by atoms with van der Waals surface area (Å²) in [5.41, 5.74) is 5.34. The molecule has 0 saturated heterocycles. The van der Waals surface area contributed by atoms with Gasteiger partial charge in [0.25, 0.3) is 0 Å². The summed E-state index contributed by atoms with van der Waals surface area (Å²) in [6.07, 6.45) is 0.217. The second-order valence-electron chi connectivity index (χ2n) is 3.47. The van der Waals surface area contributed by atoms with Gasteiger partial charge in [-0.1, -0.05) is 0 Å². The highest BCUT2D eigenvalue weighted by Gasteiger charge is 2.13. The third kappa shape index (κ3) is 4.39. The van der Waals surface area contributed by atoms with Gasteiger partial charge in [-0.15, -0.1) is 11.3 Å². The lowest BCUT2D eigenvalue weighted by atomic mass is 10.2. The van der Waals surface area contributed by atoms with E-state index in [9.17, 15) is 9.59 Å². The molecule has 1 aromatic rings. The maximum atomic E-state index is 11.3. The van der Waals surface area contributed by atoms with Crippen LogP contribution < -0.4 is 11.1 Å². The fourth-order valence-corrected chi connectivity index (χ4v) is 1.99. The van der Waals surface area contributed by atoms with Crippen molar-refractivity contribution in [1.29, 1.82) is 0 Å². The number of nitrogens with zero attached hydrogens (tertiary/aromatic N) is 1. The van der Waals surface area contributed by atoms with Crippen LogP contribution in [0.25, 0.3) is 0 Å². The molecule has 0 aliphatic carbocycles. The minimum absolute atomic E-state index is 0.117. The molecule has 0 spiro atoms. The summed E-state index contributed by atoms with van der Waals surface area (Å²) in [5, 5.41) is 5.17. The molecule has 0 bridgehead atoms. The Morgan fingerprint density at radius 3 is 2.94 bits per heavy atom. The summed E-state index contributed by atoms with van der Waals surface area (Å²) in [6.45, 7) is 3.87. The number of rotatable bonds is 6.